The maximum Gasteiger partial charge on any atom is 0.121 e. The van der Waals surface area contributed by atoms with Crippen molar-refractivity contribution in [2.45, 2.75) is 13.5 Å². The van der Waals surface area contributed by atoms with Crippen LogP contribution in [0.25, 0.3) is 10.6 Å². The fraction of sp³-hybridized carbons (Fsp3) is 0.300. The highest BCUT2D eigenvalue weighted by Gasteiger charge is 2.08. The van der Waals surface area contributed by atoms with Gasteiger partial charge in [-0.25, -0.2) is 4.98 Å². The topological polar surface area (TPSA) is 40.7 Å². The fourth-order valence-corrected chi connectivity index (χ4v) is 2.20. The molecule has 0 radical (unpaired) electrons. The molecule has 0 spiro atoms. The summed E-state index contributed by atoms with van der Waals surface area (Å²) >= 11 is 1.72. The number of hydrogen-bond donors (Lipinski definition) is 2. The van der Waals surface area contributed by atoms with Crippen LogP contribution in [0.5, 0.6) is 0 Å². The molecule has 2 N–H and O–H groups in total. The molecule has 0 unspecified atom stereocenters. The van der Waals surface area contributed by atoms with Crippen LogP contribution in [0, 0.1) is 6.92 Å². The van der Waals surface area contributed by atoms with Crippen LogP contribution in [0.4, 0.5) is 0 Å². The molecule has 0 bridgehead atoms. The number of nitrogens with zero attached hydrogens (tertiary/aromatic N) is 1. The zero-order valence-corrected chi connectivity index (χ0v) is 9.11. The molecule has 0 amide bonds. The molecule has 0 saturated heterocycles. The highest BCUT2D eigenvalue weighted by molar-refractivity contribution is 7.13. The van der Waals surface area contributed by atoms with Crippen LogP contribution in [0.2, 0.25) is 0 Å². The summed E-state index contributed by atoms with van der Waals surface area (Å²) < 4.78 is 0. The van der Waals surface area contributed by atoms with Gasteiger partial charge in [0.2, 0.25) is 0 Å². The van der Waals surface area contributed by atoms with Crippen LogP contribution < -0.4 is 5.32 Å². The van der Waals surface area contributed by atoms with E-state index >= 15 is 0 Å². The minimum absolute atomic E-state index is 0.784. The van der Waals surface area contributed by atoms with Gasteiger partial charge in [-0.2, -0.15) is 0 Å². The van der Waals surface area contributed by atoms with Gasteiger partial charge in [0.1, 0.15) is 11.5 Å². The molecule has 2 rings (SSSR count). The lowest BCUT2D eigenvalue weighted by Gasteiger charge is -1.91. The van der Waals surface area contributed by atoms with E-state index in [1.54, 1.807) is 11.3 Å². The smallest absolute Gasteiger partial charge is 0.121 e. The Morgan fingerprint density at radius 1 is 1.57 bits per heavy atom. The fourth-order valence-electron chi connectivity index (χ4n) is 1.43. The lowest BCUT2D eigenvalue weighted by molar-refractivity contribution is 0.771. The Morgan fingerprint density at radius 3 is 3.07 bits per heavy atom. The summed E-state index contributed by atoms with van der Waals surface area (Å²) in [5.74, 6) is 0.994. The Morgan fingerprint density at radius 2 is 2.43 bits per heavy atom. The second-order valence-electron chi connectivity index (χ2n) is 3.16. The number of H-pyrrole nitrogens is 1. The van der Waals surface area contributed by atoms with Crippen molar-refractivity contribution in [1.29, 1.82) is 0 Å². The first-order valence-corrected chi connectivity index (χ1v) is 5.43. The average molecular weight is 207 g/mol. The minimum Gasteiger partial charge on any atom is -0.344 e. The van der Waals surface area contributed by atoms with Crippen LogP contribution in [0.1, 0.15) is 11.5 Å². The molecule has 0 aromatic carbocycles. The van der Waals surface area contributed by atoms with E-state index in [0.717, 1.165) is 23.8 Å². The second kappa shape index (κ2) is 3.94. The first-order valence-electron chi connectivity index (χ1n) is 4.55. The van der Waals surface area contributed by atoms with E-state index in [1.165, 1.54) is 4.88 Å². The van der Waals surface area contributed by atoms with Crippen molar-refractivity contribution >= 4 is 11.3 Å². The molecule has 0 aliphatic rings. The van der Waals surface area contributed by atoms with Crippen LogP contribution in [-0.2, 0) is 6.54 Å². The largest absolute Gasteiger partial charge is 0.344 e. The molecule has 74 valence electrons. The van der Waals surface area contributed by atoms with E-state index in [1.807, 2.05) is 13.1 Å². The molecule has 0 aliphatic carbocycles. The Labute approximate surface area is 87.2 Å². The van der Waals surface area contributed by atoms with Crippen LogP contribution in [-0.4, -0.2) is 17.0 Å². The van der Waals surface area contributed by atoms with Crippen LogP contribution in [0.3, 0.4) is 0 Å². The normalized spacial score (nSPS) is 10.7. The summed E-state index contributed by atoms with van der Waals surface area (Å²) in [7, 11) is 1.92. The lowest BCUT2D eigenvalue weighted by atomic mass is 10.3. The van der Waals surface area contributed by atoms with Crippen LogP contribution >= 0.6 is 11.3 Å². The van der Waals surface area contributed by atoms with Crippen molar-refractivity contribution in [3.8, 4) is 10.6 Å². The molecule has 0 aliphatic heterocycles. The molecule has 14 heavy (non-hydrogen) atoms. The van der Waals surface area contributed by atoms with Gasteiger partial charge in [-0.3, -0.25) is 0 Å². The summed E-state index contributed by atoms with van der Waals surface area (Å²) in [6.45, 7) is 2.84. The minimum atomic E-state index is 0.784. The maximum absolute atomic E-state index is 4.53. The number of hydrogen-bond acceptors (Lipinski definition) is 3. The Balaban J connectivity index is 2.35. The molecule has 0 fully saturated rings. The van der Waals surface area contributed by atoms with Crippen molar-refractivity contribution in [2.75, 3.05) is 7.05 Å². The van der Waals surface area contributed by atoms with Gasteiger partial charge >= 0.3 is 0 Å². The maximum atomic E-state index is 4.53. The summed E-state index contributed by atoms with van der Waals surface area (Å²) in [5.41, 5.74) is 2.21. The molecule has 0 atom stereocenters. The summed E-state index contributed by atoms with van der Waals surface area (Å²) in [5, 5.41) is 5.15. The van der Waals surface area contributed by atoms with Gasteiger partial charge in [-0.15, -0.1) is 11.3 Å². The highest BCUT2D eigenvalue weighted by Crippen LogP contribution is 2.25. The molecule has 4 heteroatoms. The molecule has 3 nitrogen and oxygen atoms in total. The lowest BCUT2D eigenvalue weighted by Crippen LogP contribution is -2.06. The summed E-state index contributed by atoms with van der Waals surface area (Å²) in [4.78, 5) is 9.02. The molecule has 0 saturated carbocycles. The standard InChI is InChI=1S/C10H13N3S/c1-7-10(8-4-3-5-14-8)13-9(12-7)6-11-2/h3-5,11H,6H2,1-2H3,(H,12,13). The summed E-state index contributed by atoms with van der Waals surface area (Å²) in [6, 6.07) is 4.14. The number of rotatable bonds is 3. The number of aryl methyl sites for hydroxylation is 1. The zero-order valence-electron chi connectivity index (χ0n) is 8.29. The van der Waals surface area contributed by atoms with Gasteiger partial charge in [-0.05, 0) is 25.4 Å². The second-order valence-corrected chi connectivity index (χ2v) is 4.11. The van der Waals surface area contributed by atoms with E-state index in [4.69, 9.17) is 0 Å². The molecule has 2 aromatic rings. The van der Waals surface area contributed by atoms with Gasteiger partial charge in [0.25, 0.3) is 0 Å². The first-order chi connectivity index (χ1) is 6.81. The quantitative estimate of drug-likeness (QED) is 0.809. The number of thiophene rings is 1. The Kier molecular flexibility index (Phi) is 2.65. The molecular formula is C10H13N3S. The van der Waals surface area contributed by atoms with Gasteiger partial charge in [0.05, 0.1) is 11.4 Å². The van der Waals surface area contributed by atoms with Gasteiger partial charge in [0.15, 0.2) is 0 Å². The van der Waals surface area contributed by atoms with E-state index in [2.05, 4.69) is 33.7 Å². The predicted octanol–water partition coefficient (Wildman–Crippen LogP) is 2.17. The van der Waals surface area contributed by atoms with Crippen molar-refractivity contribution < 1.29 is 0 Å². The monoisotopic (exact) mass is 207 g/mol. The van der Waals surface area contributed by atoms with E-state index in [9.17, 15) is 0 Å². The van der Waals surface area contributed by atoms with Crippen molar-refractivity contribution in [3.05, 3.63) is 29.0 Å². The zero-order chi connectivity index (χ0) is 9.97. The van der Waals surface area contributed by atoms with Gasteiger partial charge < -0.3 is 10.3 Å². The number of imidazole rings is 1. The van der Waals surface area contributed by atoms with E-state index in [0.29, 0.717) is 0 Å². The van der Waals surface area contributed by atoms with Gasteiger partial charge in [0, 0.05) is 5.69 Å². The number of aromatic nitrogens is 2. The molecular weight excluding hydrogens is 194 g/mol. The highest BCUT2D eigenvalue weighted by atomic mass is 32.1. The average Bonchev–Trinajstić information content (AvgIpc) is 2.74. The first kappa shape index (κ1) is 9.43. The third-order valence-electron chi connectivity index (χ3n) is 2.03. The molecule has 2 heterocycles. The van der Waals surface area contributed by atoms with Crippen molar-refractivity contribution in [2.24, 2.45) is 0 Å². The van der Waals surface area contributed by atoms with Gasteiger partial charge in [-0.1, -0.05) is 6.07 Å². The SMILES string of the molecule is CNCc1nc(-c2cccs2)c(C)[nH]1. The van der Waals surface area contributed by atoms with E-state index < -0.39 is 0 Å². The number of nitrogens with one attached hydrogen (secondary N) is 2. The van der Waals surface area contributed by atoms with E-state index in [-0.39, 0.29) is 0 Å². The third-order valence-corrected chi connectivity index (χ3v) is 2.91. The molecule has 2 aromatic heterocycles. The number of aromatic amines is 1. The van der Waals surface area contributed by atoms with Crippen molar-refractivity contribution in [3.63, 3.8) is 0 Å². The Hall–Kier alpha value is -1.13. The summed E-state index contributed by atoms with van der Waals surface area (Å²) in [6.07, 6.45) is 0. The van der Waals surface area contributed by atoms with Crippen molar-refractivity contribution in [1.82, 2.24) is 15.3 Å². The predicted molar refractivity (Wildman–Crippen MR) is 59.4 cm³/mol. The Bertz CT molecular complexity index is 403. The third kappa shape index (κ3) is 1.71. The van der Waals surface area contributed by atoms with Crippen LogP contribution in [0.15, 0.2) is 17.5 Å².